The second kappa shape index (κ2) is 7.95. The molecular weight excluding hydrogens is 367 g/mol. The van der Waals surface area contributed by atoms with Crippen molar-refractivity contribution in [1.29, 1.82) is 0 Å². The van der Waals surface area contributed by atoms with Crippen LogP contribution in [-0.2, 0) is 17.6 Å². The Morgan fingerprint density at radius 1 is 1.17 bits per heavy atom. The smallest absolute Gasteiger partial charge is 0.260 e. The van der Waals surface area contributed by atoms with Crippen LogP contribution >= 0.6 is 0 Å². The van der Waals surface area contributed by atoms with Crippen LogP contribution in [0.4, 0.5) is 4.39 Å². The van der Waals surface area contributed by atoms with Crippen LogP contribution in [0.25, 0.3) is 0 Å². The van der Waals surface area contributed by atoms with Gasteiger partial charge in [-0.2, -0.15) is 0 Å². The van der Waals surface area contributed by atoms with Crippen LogP contribution < -0.4 is 0 Å². The first-order valence-electron chi connectivity index (χ1n) is 9.60. The van der Waals surface area contributed by atoms with E-state index in [1.807, 2.05) is 43.3 Å². The van der Waals surface area contributed by atoms with Gasteiger partial charge in [0.1, 0.15) is 5.82 Å². The van der Waals surface area contributed by atoms with Gasteiger partial charge in [-0.3, -0.25) is 19.5 Å². The molecule has 0 saturated carbocycles. The van der Waals surface area contributed by atoms with Crippen LogP contribution in [-0.4, -0.2) is 28.7 Å². The average molecular weight is 388 g/mol. The SMILES string of the molecule is Cc1ccccc1C(=O)N(C=O)CC1Cc2ncc(F)cc2Cc2ccccc21. The Morgan fingerprint density at radius 2 is 1.93 bits per heavy atom. The second-order valence-corrected chi connectivity index (χ2v) is 7.41. The van der Waals surface area contributed by atoms with E-state index in [1.54, 1.807) is 12.1 Å². The Kier molecular flexibility index (Phi) is 5.21. The number of carbonyl (C=O) groups excluding carboxylic acids is 2. The molecule has 2 aromatic carbocycles. The Hall–Kier alpha value is -3.34. The summed E-state index contributed by atoms with van der Waals surface area (Å²) in [5.74, 6) is -0.778. The fourth-order valence-corrected chi connectivity index (χ4v) is 4.03. The highest BCUT2D eigenvalue weighted by molar-refractivity contribution is 6.01. The molecule has 1 atom stereocenters. The van der Waals surface area contributed by atoms with Crippen molar-refractivity contribution in [2.45, 2.75) is 25.7 Å². The van der Waals surface area contributed by atoms with Gasteiger partial charge in [0.2, 0.25) is 6.41 Å². The summed E-state index contributed by atoms with van der Waals surface area (Å²) in [4.78, 5) is 30.4. The molecule has 0 fully saturated rings. The van der Waals surface area contributed by atoms with E-state index in [0.29, 0.717) is 24.8 Å². The molecule has 1 aromatic heterocycles. The van der Waals surface area contributed by atoms with Crippen molar-refractivity contribution >= 4 is 12.3 Å². The van der Waals surface area contributed by atoms with Crippen molar-refractivity contribution in [1.82, 2.24) is 9.88 Å². The summed E-state index contributed by atoms with van der Waals surface area (Å²) >= 11 is 0. The van der Waals surface area contributed by atoms with Crippen molar-refractivity contribution in [3.8, 4) is 0 Å². The van der Waals surface area contributed by atoms with E-state index >= 15 is 0 Å². The first-order chi connectivity index (χ1) is 14.1. The summed E-state index contributed by atoms with van der Waals surface area (Å²) in [6, 6.07) is 16.7. The topological polar surface area (TPSA) is 50.3 Å². The van der Waals surface area contributed by atoms with Crippen molar-refractivity contribution in [2.24, 2.45) is 0 Å². The molecule has 1 aliphatic carbocycles. The Morgan fingerprint density at radius 3 is 2.72 bits per heavy atom. The monoisotopic (exact) mass is 388 g/mol. The normalized spacial score (nSPS) is 15.0. The number of hydrogen-bond donors (Lipinski definition) is 0. The number of fused-ring (bicyclic) bond motifs is 2. The highest BCUT2D eigenvalue weighted by Crippen LogP contribution is 2.32. The molecule has 4 rings (SSSR count). The molecule has 1 aliphatic rings. The third-order valence-corrected chi connectivity index (χ3v) is 5.52. The van der Waals surface area contributed by atoms with Crippen LogP contribution in [0, 0.1) is 12.7 Å². The molecule has 3 aromatic rings. The number of hydrogen-bond acceptors (Lipinski definition) is 3. The lowest BCUT2D eigenvalue weighted by Gasteiger charge is -2.24. The number of carbonyl (C=O) groups is 2. The molecule has 1 heterocycles. The Balaban J connectivity index is 1.69. The highest BCUT2D eigenvalue weighted by Gasteiger charge is 2.27. The predicted octanol–water partition coefficient (Wildman–Crippen LogP) is 4.06. The number of halogens is 1. The molecule has 4 nitrogen and oxygen atoms in total. The van der Waals surface area contributed by atoms with Crippen LogP contribution in [0.15, 0.2) is 60.8 Å². The van der Waals surface area contributed by atoms with E-state index in [1.165, 1.54) is 17.2 Å². The fraction of sp³-hybridized carbons (Fsp3) is 0.208. The lowest BCUT2D eigenvalue weighted by atomic mass is 9.91. The van der Waals surface area contributed by atoms with Crippen LogP contribution in [0.2, 0.25) is 0 Å². The van der Waals surface area contributed by atoms with Gasteiger partial charge in [-0.1, -0.05) is 42.5 Å². The van der Waals surface area contributed by atoms with Gasteiger partial charge in [-0.05, 0) is 54.2 Å². The fourth-order valence-electron chi connectivity index (χ4n) is 4.03. The van der Waals surface area contributed by atoms with E-state index in [9.17, 15) is 14.0 Å². The summed E-state index contributed by atoms with van der Waals surface area (Å²) in [5.41, 5.74) is 5.13. The van der Waals surface area contributed by atoms with Crippen LogP contribution in [0.3, 0.4) is 0 Å². The van der Waals surface area contributed by atoms with Gasteiger partial charge >= 0.3 is 0 Å². The zero-order valence-electron chi connectivity index (χ0n) is 16.1. The van der Waals surface area contributed by atoms with E-state index < -0.39 is 0 Å². The predicted molar refractivity (Wildman–Crippen MR) is 108 cm³/mol. The molecule has 0 N–H and O–H groups in total. The summed E-state index contributed by atoms with van der Waals surface area (Å²) in [6.45, 7) is 2.10. The Bertz CT molecular complexity index is 1080. The maximum absolute atomic E-state index is 13.7. The lowest BCUT2D eigenvalue weighted by Crippen LogP contribution is -2.34. The molecule has 0 bridgehead atoms. The number of rotatable bonds is 4. The number of pyridine rings is 1. The number of aryl methyl sites for hydroxylation is 1. The summed E-state index contributed by atoms with van der Waals surface area (Å²) in [7, 11) is 0. The van der Waals surface area contributed by atoms with E-state index in [4.69, 9.17) is 0 Å². The molecular formula is C24H21FN2O2. The summed E-state index contributed by atoms with van der Waals surface area (Å²) < 4.78 is 13.7. The lowest BCUT2D eigenvalue weighted by molar-refractivity contribution is -0.116. The minimum absolute atomic E-state index is 0.108. The maximum atomic E-state index is 13.7. The number of aromatic nitrogens is 1. The average Bonchev–Trinajstić information content (AvgIpc) is 2.88. The van der Waals surface area contributed by atoms with Crippen molar-refractivity contribution in [3.05, 3.63) is 100 Å². The van der Waals surface area contributed by atoms with Gasteiger partial charge in [-0.15, -0.1) is 0 Å². The molecule has 0 saturated heterocycles. The molecule has 0 aliphatic heterocycles. The molecule has 2 amide bonds. The van der Waals surface area contributed by atoms with E-state index in [-0.39, 0.29) is 24.2 Å². The number of imide groups is 1. The zero-order chi connectivity index (χ0) is 20.4. The molecule has 5 heteroatoms. The third kappa shape index (κ3) is 3.81. The van der Waals surface area contributed by atoms with Gasteiger partial charge < -0.3 is 0 Å². The standard InChI is InChI=1S/C24H21FN2O2/c1-16-6-2-4-8-21(16)24(29)27(15-28)14-19-12-23-18(11-20(25)13-26-23)10-17-7-3-5-9-22(17)19/h2-9,11,13,15,19H,10,12,14H2,1H3. The zero-order valence-corrected chi connectivity index (χ0v) is 16.1. The Labute approximate surface area is 169 Å². The van der Waals surface area contributed by atoms with Crippen molar-refractivity contribution in [3.63, 3.8) is 0 Å². The minimum atomic E-state index is -0.357. The first-order valence-corrected chi connectivity index (χ1v) is 9.60. The van der Waals surface area contributed by atoms with Gasteiger partial charge in [0, 0.05) is 23.7 Å². The molecule has 146 valence electrons. The van der Waals surface area contributed by atoms with Gasteiger partial charge in [0.15, 0.2) is 0 Å². The number of benzene rings is 2. The van der Waals surface area contributed by atoms with Crippen LogP contribution in [0.1, 0.15) is 44.2 Å². The van der Waals surface area contributed by atoms with Crippen LogP contribution in [0.5, 0.6) is 0 Å². The molecule has 0 spiro atoms. The number of amides is 2. The van der Waals surface area contributed by atoms with Gasteiger partial charge in [-0.25, -0.2) is 4.39 Å². The molecule has 0 radical (unpaired) electrons. The highest BCUT2D eigenvalue weighted by atomic mass is 19.1. The van der Waals surface area contributed by atoms with Gasteiger partial charge in [0.05, 0.1) is 6.20 Å². The maximum Gasteiger partial charge on any atom is 0.260 e. The van der Waals surface area contributed by atoms with E-state index in [0.717, 1.165) is 27.9 Å². The van der Waals surface area contributed by atoms with E-state index in [2.05, 4.69) is 4.98 Å². The van der Waals surface area contributed by atoms with Crippen molar-refractivity contribution < 1.29 is 14.0 Å². The molecule has 29 heavy (non-hydrogen) atoms. The summed E-state index contributed by atoms with van der Waals surface area (Å²) in [5, 5.41) is 0. The largest absolute Gasteiger partial charge is 0.280 e. The molecule has 1 unspecified atom stereocenters. The minimum Gasteiger partial charge on any atom is -0.280 e. The van der Waals surface area contributed by atoms with Crippen molar-refractivity contribution in [2.75, 3.05) is 6.54 Å². The second-order valence-electron chi connectivity index (χ2n) is 7.41. The summed E-state index contributed by atoms with van der Waals surface area (Å²) in [6.07, 6.45) is 2.95. The quantitative estimate of drug-likeness (QED) is 0.634. The first kappa shape index (κ1) is 19.0. The third-order valence-electron chi connectivity index (χ3n) is 5.52. The van der Waals surface area contributed by atoms with Gasteiger partial charge in [0.25, 0.3) is 5.91 Å². The number of nitrogens with zero attached hydrogens (tertiary/aromatic N) is 2.